The van der Waals surface area contributed by atoms with Gasteiger partial charge in [-0.3, -0.25) is 0 Å². The highest BCUT2D eigenvalue weighted by atomic mass is 16.5. The van der Waals surface area contributed by atoms with E-state index in [-0.39, 0.29) is 25.2 Å². The molecule has 0 aromatic heterocycles. The van der Waals surface area contributed by atoms with E-state index in [4.69, 9.17) is 18.9 Å². The summed E-state index contributed by atoms with van der Waals surface area (Å²) in [6, 6.07) is 23.4. The first kappa shape index (κ1) is 54.3. The molecule has 0 bridgehead atoms. The van der Waals surface area contributed by atoms with Crippen LogP contribution < -0.4 is 9.47 Å². The third kappa shape index (κ3) is 22.4. The number of fused-ring (bicyclic) bond motifs is 2. The van der Waals surface area contributed by atoms with Gasteiger partial charge < -0.3 is 18.9 Å². The molecule has 6 nitrogen and oxygen atoms in total. The van der Waals surface area contributed by atoms with E-state index in [9.17, 15) is 9.59 Å². The third-order valence-corrected chi connectivity index (χ3v) is 13.0. The Morgan fingerprint density at radius 1 is 0.379 bits per heavy atom. The summed E-state index contributed by atoms with van der Waals surface area (Å²) in [4.78, 5) is 26.9. The molecule has 0 unspecified atom stereocenters. The lowest BCUT2D eigenvalue weighted by Crippen LogP contribution is -2.14. The van der Waals surface area contributed by atoms with E-state index >= 15 is 0 Å². The van der Waals surface area contributed by atoms with Crippen molar-refractivity contribution in [2.24, 2.45) is 0 Å². The van der Waals surface area contributed by atoms with Crippen LogP contribution in [0.1, 0.15) is 227 Å². The van der Waals surface area contributed by atoms with Crippen LogP contribution in [0.15, 0.2) is 84.9 Å². The van der Waals surface area contributed by atoms with Gasteiger partial charge in [-0.25, -0.2) is 9.59 Å². The first-order valence-electron chi connectivity index (χ1n) is 26.8. The molecule has 66 heavy (non-hydrogen) atoms. The van der Waals surface area contributed by atoms with Gasteiger partial charge in [0.1, 0.15) is 35.8 Å². The van der Waals surface area contributed by atoms with Gasteiger partial charge in [0.25, 0.3) is 0 Å². The van der Waals surface area contributed by atoms with Gasteiger partial charge in [-0.05, 0) is 64.2 Å². The predicted octanol–water partition coefficient (Wildman–Crippen LogP) is 18.1. The lowest BCUT2D eigenvalue weighted by Gasteiger charge is -2.16. The molecule has 4 rings (SSSR count). The fourth-order valence-electron chi connectivity index (χ4n) is 8.83. The van der Waals surface area contributed by atoms with Gasteiger partial charge in [-0.2, -0.15) is 0 Å². The zero-order valence-corrected chi connectivity index (χ0v) is 41.6. The number of rotatable bonds is 40. The van der Waals surface area contributed by atoms with Gasteiger partial charge in [0.2, 0.25) is 0 Å². The van der Waals surface area contributed by atoms with Crippen LogP contribution in [0.25, 0.3) is 21.5 Å². The van der Waals surface area contributed by atoms with Crippen molar-refractivity contribution in [3.8, 4) is 11.5 Å². The average Bonchev–Trinajstić information content (AvgIpc) is 3.34. The Bertz CT molecular complexity index is 1790. The van der Waals surface area contributed by atoms with Crippen LogP contribution in [0.2, 0.25) is 0 Å². The summed E-state index contributed by atoms with van der Waals surface area (Å²) in [6.07, 6.45) is 38.7. The summed E-state index contributed by atoms with van der Waals surface area (Å²) in [6.45, 7) is 9.81. The smallest absolute Gasteiger partial charge is 0.341 e. The molecule has 0 saturated heterocycles. The number of hydrogen-bond acceptors (Lipinski definition) is 6. The molecule has 4 aromatic carbocycles. The normalized spacial score (nSPS) is 11.3. The summed E-state index contributed by atoms with van der Waals surface area (Å²) in [5, 5.41) is 3.83. The van der Waals surface area contributed by atoms with Crippen LogP contribution in [-0.2, 0) is 9.47 Å². The Hall–Kier alpha value is -4.32. The molecule has 6 heteroatoms. The summed E-state index contributed by atoms with van der Waals surface area (Å²) >= 11 is 0. The zero-order chi connectivity index (χ0) is 46.7. The van der Waals surface area contributed by atoms with Crippen LogP contribution in [0.5, 0.6) is 11.5 Å². The van der Waals surface area contributed by atoms with E-state index in [0.29, 0.717) is 41.4 Å². The summed E-state index contributed by atoms with van der Waals surface area (Å²) < 4.78 is 24.1. The van der Waals surface area contributed by atoms with E-state index in [1.54, 1.807) is 0 Å². The van der Waals surface area contributed by atoms with Crippen LogP contribution in [0.4, 0.5) is 0 Å². The number of esters is 2. The Balaban J connectivity index is 1.16. The van der Waals surface area contributed by atoms with Gasteiger partial charge in [-0.15, -0.1) is 0 Å². The van der Waals surface area contributed by atoms with E-state index in [1.165, 1.54) is 167 Å². The van der Waals surface area contributed by atoms with Crippen molar-refractivity contribution in [3.63, 3.8) is 0 Å². The topological polar surface area (TPSA) is 71.1 Å². The molecule has 0 heterocycles. The highest BCUT2D eigenvalue weighted by Crippen LogP contribution is 2.30. The molecule has 0 aliphatic carbocycles. The molecular formula is C60H88O6. The molecule has 0 fully saturated rings. The Morgan fingerprint density at radius 3 is 0.924 bits per heavy atom. The highest BCUT2D eigenvalue weighted by molar-refractivity contribution is 5.99. The van der Waals surface area contributed by atoms with Crippen molar-refractivity contribution in [3.05, 3.63) is 96.1 Å². The average molecular weight is 905 g/mol. The van der Waals surface area contributed by atoms with E-state index in [0.717, 1.165) is 47.2 Å². The van der Waals surface area contributed by atoms with Crippen LogP contribution >= 0.6 is 0 Å². The van der Waals surface area contributed by atoms with Crippen molar-refractivity contribution >= 4 is 33.5 Å². The molecule has 4 aromatic rings. The number of hydrogen-bond donors (Lipinski definition) is 0. The number of carbonyl (C=O) groups excluding carboxylic acids is 2. The second-order valence-electron chi connectivity index (χ2n) is 18.9. The number of benzene rings is 4. The first-order valence-corrected chi connectivity index (χ1v) is 26.8. The van der Waals surface area contributed by atoms with Crippen molar-refractivity contribution in [2.75, 3.05) is 26.4 Å². The SMILES string of the molecule is C=C(COc1cc2ccccc2cc1C(=O)OCCCCCCCCCCCCCCCCC)COc1cc2ccccc2cc1C(=O)OCCCCCCCCCCCCCCCCC. The molecular weight excluding hydrogens is 817 g/mol. The predicted molar refractivity (Wildman–Crippen MR) is 278 cm³/mol. The fourth-order valence-corrected chi connectivity index (χ4v) is 8.83. The minimum Gasteiger partial charge on any atom is -0.488 e. The zero-order valence-electron chi connectivity index (χ0n) is 41.6. The van der Waals surface area contributed by atoms with Crippen molar-refractivity contribution in [1.82, 2.24) is 0 Å². The molecule has 364 valence electrons. The van der Waals surface area contributed by atoms with Crippen molar-refractivity contribution in [1.29, 1.82) is 0 Å². The molecule has 0 atom stereocenters. The van der Waals surface area contributed by atoms with Crippen LogP contribution in [-0.4, -0.2) is 38.4 Å². The van der Waals surface area contributed by atoms with Crippen molar-refractivity contribution < 1.29 is 28.5 Å². The maximum atomic E-state index is 13.5. The van der Waals surface area contributed by atoms with Gasteiger partial charge in [0.05, 0.1) is 13.2 Å². The molecule has 0 saturated carbocycles. The summed E-state index contributed by atoms with van der Waals surface area (Å²) in [5.41, 5.74) is 1.46. The Labute approximate surface area is 401 Å². The van der Waals surface area contributed by atoms with E-state index < -0.39 is 0 Å². The molecule has 0 N–H and O–H groups in total. The third-order valence-electron chi connectivity index (χ3n) is 13.0. The van der Waals surface area contributed by atoms with Gasteiger partial charge in [-0.1, -0.05) is 249 Å². The molecule has 0 aliphatic heterocycles. The maximum Gasteiger partial charge on any atom is 0.341 e. The monoisotopic (exact) mass is 905 g/mol. The summed E-state index contributed by atoms with van der Waals surface area (Å²) in [5.74, 6) is 0.133. The van der Waals surface area contributed by atoms with Crippen LogP contribution in [0.3, 0.4) is 0 Å². The number of unbranched alkanes of at least 4 members (excludes halogenated alkanes) is 28. The van der Waals surface area contributed by atoms with E-state index in [2.05, 4.69) is 20.4 Å². The van der Waals surface area contributed by atoms with Gasteiger partial charge in [0, 0.05) is 0 Å². The molecule has 0 aliphatic rings. The van der Waals surface area contributed by atoms with Gasteiger partial charge in [0.15, 0.2) is 0 Å². The van der Waals surface area contributed by atoms with E-state index in [1.807, 2.05) is 72.8 Å². The quantitative estimate of drug-likeness (QED) is 0.0252. The maximum absolute atomic E-state index is 13.5. The minimum atomic E-state index is -0.383. The molecule has 0 spiro atoms. The number of carbonyl (C=O) groups is 2. The van der Waals surface area contributed by atoms with Crippen LogP contribution in [0, 0.1) is 0 Å². The standard InChI is InChI=1S/C60H88O6/c1-4-6-8-10-12-14-16-18-20-22-24-26-28-30-36-42-63-59(61)55-44-51-38-32-34-40-53(51)46-57(55)65-48-50(3)49-66-58-47-54-41-35-33-39-52(54)45-56(58)60(62)64-43-37-31-29-27-25-23-21-19-17-15-13-11-9-7-5-2/h32-35,38-41,44-47H,3-31,36-37,42-43,48-49H2,1-2H3. The summed E-state index contributed by atoms with van der Waals surface area (Å²) in [7, 11) is 0. The fraction of sp³-hybridized carbons (Fsp3) is 0.600. The van der Waals surface area contributed by atoms with Gasteiger partial charge >= 0.3 is 11.9 Å². The number of ether oxygens (including phenoxy) is 4. The Kier molecular flexibility index (Phi) is 28.7. The lowest BCUT2D eigenvalue weighted by atomic mass is 10.0. The lowest BCUT2D eigenvalue weighted by molar-refractivity contribution is 0.0484. The molecule has 0 radical (unpaired) electrons. The molecule has 0 amide bonds. The second-order valence-corrected chi connectivity index (χ2v) is 18.9. The largest absolute Gasteiger partial charge is 0.488 e. The minimum absolute atomic E-state index is 0.129. The van der Waals surface area contributed by atoms with Crippen molar-refractivity contribution in [2.45, 2.75) is 206 Å². The Morgan fingerprint density at radius 2 is 0.636 bits per heavy atom. The first-order chi connectivity index (χ1) is 32.5. The second kappa shape index (κ2) is 34.9. The highest BCUT2D eigenvalue weighted by Gasteiger charge is 2.19.